The molecule has 0 spiro atoms. The van der Waals surface area contributed by atoms with Gasteiger partial charge in [0, 0.05) is 17.7 Å². The van der Waals surface area contributed by atoms with Crippen LogP contribution in [-0.4, -0.2) is 27.8 Å². The topological polar surface area (TPSA) is 84.3 Å². The zero-order valence-electron chi connectivity index (χ0n) is 16.5. The van der Waals surface area contributed by atoms with E-state index >= 15 is 0 Å². The fourth-order valence-corrected chi connectivity index (χ4v) is 3.98. The van der Waals surface area contributed by atoms with Crippen molar-refractivity contribution in [2.45, 2.75) is 5.92 Å². The van der Waals surface area contributed by atoms with E-state index in [4.69, 9.17) is 4.74 Å². The minimum atomic E-state index is -0.628. The smallest absolute Gasteiger partial charge is 0.414 e. The molecule has 1 amide bonds. The number of nitrogens with zero attached hydrogens (tertiary/aromatic N) is 2. The van der Waals surface area contributed by atoms with Gasteiger partial charge in [0.15, 0.2) is 0 Å². The Morgan fingerprint density at radius 3 is 2.16 bits per heavy atom. The highest BCUT2D eigenvalue weighted by Crippen LogP contribution is 2.44. The Kier molecular flexibility index (Phi) is 4.80. The van der Waals surface area contributed by atoms with Gasteiger partial charge in [-0.3, -0.25) is 5.32 Å². The molecule has 1 heterocycles. The zero-order chi connectivity index (χ0) is 21.2. The standard InChI is InChI=1S/C25H19N3O3/c29-23-12-6-5-11-20(23)22-13-14-26-24(27-22)28-25(30)31-15-21-18-9-3-1-7-16(18)17-8-2-4-10-19(17)21/h1-14,21,29H,15H2,(H,26,27,28,30). The van der Waals surface area contributed by atoms with Crippen molar-refractivity contribution in [3.05, 3.63) is 96.2 Å². The van der Waals surface area contributed by atoms with Gasteiger partial charge in [-0.2, -0.15) is 0 Å². The summed E-state index contributed by atoms with van der Waals surface area (Å²) in [6.45, 7) is 0.207. The van der Waals surface area contributed by atoms with E-state index < -0.39 is 6.09 Å². The van der Waals surface area contributed by atoms with Crippen molar-refractivity contribution in [3.8, 4) is 28.1 Å². The lowest BCUT2D eigenvalue weighted by molar-refractivity contribution is 0.158. The summed E-state index contributed by atoms with van der Waals surface area (Å²) < 4.78 is 5.53. The Balaban J connectivity index is 1.30. The van der Waals surface area contributed by atoms with Gasteiger partial charge in [0.05, 0.1) is 5.69 Å². The summed E-state index contributed by atoms with van der Waals surface area (Å²) in [5.74, 6) is 0.193. The van der Waals surface area contributed by atoms with Gasteiger partial charge in [-0.05, 0) is 40.5 Å². The van der Waals surface area contributed by atoms with Gasteiger partial charge in [0.2, 0.25) is 5.95 Å². The SMILES string of the molecule is O=C(Nc1nccc(-c2ccccc2O)n1)OCC1c2ccccc2-c2ccccc21. The van der Waals surface area contributed by atoms with Crippen LogP contribution in [0.15, 0.2) is 85.1 Å². The minimum Gasteiger partial charge on any atom is -0.507 e. The van der Waals surface area contributed by atoms with Gasteiger partial charge in [-0.1, -0.05) is 60.7 Å². The van der Waals surface area contributed by atoms with Crippen molar-refractivity contribution in [2.24, 2.45) is 0 Å². The first-order valence-corrected chi connectivity index (χ1v) is 9.94. The summed E-state index contributed by atoms with van der Waals surface area (Å²) >= 11 is 0. The first kappa shape index (κ1) is 18.8. The van der Waals surface area contributed by atoms with Gasteiger partial charge in [0.25, 0.3) is 0 Å². The van der Waals surface area contributed by atoms with Gasteiger partial charge >= 0.3 is 6.09 Å². The monoisotopic (exact) mass is 409 g/mol. The van der Waals surface area contributed by atoms with Crippen LogP contribution in [0.25, 0.3) is 22.4 Å². The third-order valence-electron chi connectivity index (χ3n) is 5.39. The van der Waals surface area contributed by atoms with E-state index in [1.165, 1.54) is 17.3 Å². The summed E-state index contributed by atoms with van der Waals surface area (Å²) in [4.78, 5) is 20.8. The number of ether oxygens (including phenoxy) is 1. The van der Waals surface area contributed by atoms with Crippen molar-refractivity contribution >= 4 is 12.0 Å². The number of carbonyl (C=O) groups is 1. The molecule has 6 nitrogen and oxygen atoms in total. The first-order valence-electron chi connectivity index (χ1n) is 9.94. The summed E-state index contributed by atoms with van der Waals surface area (Å²) in [6.07, 6.45) is 0.893. The van der Waals surface area contributed by atoms with E-state index in [1.54, 1.807) is 30.3 Å². The molecule has 0 fully saturated rings. The van der Waals surface area contributed by atoms with Gasteiger partial charge in [-0.25, -0.2) is 14.8 Å². The molecule has 1 aliphatic rings. The fourth-order valence-electron chi connectivity index (χ4n) is 3.98. The van der Waals surface area contributed by atoms with Crippen LogP contribution in [0.4, 0.5) is 10.7 Å². The normalized spacial score (nSPS) is 12.1. The van der Waals surface area contributed by atoms with E-state index in [0.29, 0.717) is 11.3 Å². The van der Waals surface area contributed by atoms with Crippen LogP contribution in [-0.2, 0) is 4.74 Å². The Hall–Kier alpha value is -4.19. The predicted octanol–water partition coefficient (Wildman–Crippen LogP) is 5.21. The molecule has 1 aliphatic carbocycles. The quantitative estimate of drug-likeness (QED) is 0.483. The number of para-hydroxylation sites is 1. The number of nitrogens with one attached hydrogen (secondary N) is 1. The number of hydrogen-bond acceptors (Lipinski definition) is 5. The molecule has 1 aromatic heterocycles. The molecule has 6 heteroatoms. The summed E-state index contributed by atoms with van der Waals surface area (Å²) in [5.41, 5.74) is 5.70. The Bertz CT molecular complexity index is 1230. The van der Waals surface area contributed by atoms with Crippen LogP contribution in [0.1, 0.15) is 17.0 Å². The van der Waals surface area contributed by atoms with E-state index in [0.717, 1.165) is 11.1 Å². The Morgan fingerprint density at radius 1 is 0.871 bits per heavy atom. The van der Waals surface area contributed by atoms with Crippen LogP contribution in [0, 0.1) is 0 Å². The van der Waals surface area contributed by atoms with E-state index in [-0.39, 0.29) is 24.2 Å². The van der Waals surface area contributed by atoms with E-state index in [1.807, 2.05) is 24.3 Å². The lowest BCUT2D eigenvalue weighted by atomic mass is 9.98. The summed E-state index contributed by atoms with van der Waals surface area (Å²) in [6, 6.07) is 24.9. The molecule has 2 N–H and O–H groups in total. The summed E-state index contributed by atoms with van der Waals surface area (Å²) in [7, 11) is 0. The third-order valence-corrected chi connectivity index (χ3v) is 5.39. The number of hydrogen-bond donors (Lipinski definition) is 2. The predicted molar refractivity (Wildman–Crippen MR) is 118 cm³/mol. The lowest BCUT2D eigenvalue weighted by Crippen LogP contribution is -2.19. The molecule has 0 saturated heterocycles. The van der Waals surface area contributed by atoms with Crippen molar-refractivity contribution in [3.63, 3.8) is 0 Å². The van der Waals surface area contributed by atoms with Gasteiger partial charge < -0.3 is 9.84 Å². The molecule has 0 saturated carbocycles. The van der Waals surface area contributed by atoms with Crippen LogP contribution in [0.5, 0.6) is 5.75 Å². The highest BCUT2D eigenvalue weighted by atomic mass is 16.5. The van der Waals surface area contributed by atoms with Crippen LogP contribution < -0.4 is 5.32 Å². The van der Waals surface area contributed by atoms with Gasteiger partial charge in [0.1, 0.15) is 12.4 Å². The molecule has 0 aliphatic heterocycles. The van der Waals surface area contributed by atoms with Crippen LogP contribution >= 0.6 is 0 Å². The third kappa shape index (κ3) is 3.59. The molecule has 0 unspecified atom stereocenters. The van der Waals surface area contributed by atoms with Crippen molar-refractivity contribution in [1.82, 2.24) is 9.97 Å². The van der Waals surface area contributed by atoms with Gasteiger partial charge in [-0.15, -0.1) is 0 Å². The molecule has 3 aromatic carbocycles. The highest BCUT2D eigenvalue weighted by Gasteiger charge is 2.29. The number of fused-ring (bicyclic) bond motifs is 3. The van der Waals surface area contributed by atoms with E-state index in [9.17, 15) is 9.90 Å². The average Bonchev–Trinajstić information content (AvgIpc) is 3.12. The lowest BCUT2D eigenvalue weighted by Gasteiger charge is -2.14. The second-order valence-corrected chi connectivity index (χ2v) is 7.23. The Labute approximate surface area is 179 Å². The molecule has 0 atom stereocenters. The number of rotatable bonds is 4. The molecule has 0 radical (unpaired) electrons. The largest absolute Gasteiger partial charge is 0.507 e. The molecule has 4 aromatic rings. The molecule has 5 rings (SSSR count). The average molecular weight is 409 g/mol. The van der Waals surface area contributed by atoms with Crippen LogP contribution in [0.3, 0.4) is 0 Å². The minimum absolute atomic E-state index is 0.0216. The summed E-state index contributed by atoms with van der Waals surface area (Å²) in [5, 5.41) is 12.6. The number of anilines is 1. The molecule has 0 bridgehead atoms. The number of benzene rings is 3. The number of aromatic hydroxyl groups is 1. The second-order valence-electron chi connectivity index (χ2n) is 7.23. The number of aromatic nitrogens is 2. The zero-order valence-corrected chi connectivity index (χ0v) is 16.5. The number of carbonyl (C=O) groups excluding carboxylic acids is 1. The maximum atomic E-state index is 12.4. The van der Waals surface area contributed by atoms with Crippen molar-refractivity contribution in [1.29, 1.82) is 0 Å². The molecule has 31 heavy (non-hydrogen) atoms. The highest BCUT2D eigenvalue weighted by molar-refractivity contribution is 5.83. The Morgan fingerprint density at radius 2 is 1.48 bits per heavy atom. The molecular weight excluding hydrogens is 390 g/mol. The van der Waals surface area contributed by atoms with E-state index in [2.05, 4.69) is 39.6 Å². The molecule has 152 valence electrons. The van der Waals surface area contributed by atoms with Crippen LogP contribution in [0.2, 0.25) is 0 Å². The number of phenolic OH excluding ortho intramolecular Hbond substituents is 1. The maximum Gasteiger partial charge on any atom is 0.414 e. The van der Waals surface area contributed by atoms with Crippen molar-refractivity contribution < 1.29 is 14.6 Å². The van der Waals surface area contributed by atoms with Crippen molar-refractivity contribution in [2.75, 3.05) is 11.9 Å². The first-order chi connectivity index (χ1) is 15.2. The molecular formula is C25H19N3O3. The number of phenols is 1. The number of amides is 1. The second kappa shape index (κ2) is 7.91. The maximum absolute atomic E-state index is 12.4. The fraction of sp³-hybridized carbons (Fsp3) is 0.0800.